The van der Waals surface area contributed by atoms with Crippen LogP contribution in [0.15, 0.2) is 65.3 Å². The van der Waals surface area contributed by atoms with Gasteiger partial charge in [-0.2, -0.15) is 0 Å². The molecule has 0 unspecified atom stereocenters. The van der Waals surface area contributed by atoms with Crippen LogP contribution in [0, 0.1) is 23.6 Å². The lowest BCUT2D eigenvalue weighted by Crippen LogP contribution is -2.46. The molecule has 2 saturated heterocycles. The Balaban J connectivity index is 1.41. The Morgan fingerprint density at radius 3 is 2.61 bits per heavy atom. The molecule has 5 rings (SSSR count). The lowest BCUT2D eigenvalue weighted by Gasteiger charge is -2.43. The van der Waals surface area contributed by atoms with Crippen molar-refractivity contribution in [3.05, 3.63) is 76.6 Å². The van der Waals surface area contributed by atoms with Gasteiger partial charge in [-0.05, 0) is 78.9 Å². The molecular formula is C29H31BFNO6. The zero-order valence-electron chi connectivity index (χ0n) is 21.2. The predicted octanol–water partition coefficient (Wildman–Crippen LogP) is 4.10. The summed E-state index contributed by atoms with van der Waals surface area (Å²) < 4.78 is 19.8. The normalized spacial score (nSPS) is 25.6. The Morgan fingerprint density at radius 1 is 1.16 bits per heavy atom. The number of allylic oxidation sites excluding steroid dienone is 1. The zero-order chi connectivity index (χ0) is 27.0. The van der Waals surface area contributed by atoms with Crippen LogP contribution in [0.25, 0.3) is 6.08 Å². The van der Waals surface area contributed by atoms with Gasteiger partial charge in [0.1, 0.15) is 0 Å². The van der Waals surface area contributed by atoms with Crippen molar-refractivity contribution in [3.63, 3.8) is 0 Å². The van der Waals surface area contributed by atoms with Gasteiger partial charge in [0, 0.05) is 0 Å². The fourth-order valence-corrected chi connectivity index (χ4v) is 6.26. The minimum Gasteiger partial charge on any atom is -0.505 e. The summed E-state index contributed by atoms with van der Waals surface area (Å²) in [5, 5.41) is 30.4. The molecule has 0 spiro atoms. The van der Waals surface area contributed by atoms with Crippen molar-refractivity contribution in [2.75, 3.05) is 11.5 Å². The number of halogens is 1. The highest BCUT2D eigenvalue weighted by atomic mass is 19.1. The van der Waals surface area contributed by atoms with Crippen molar-refractivity contribution >= 4 is 30.7 Å². The number of hydrogen-bond donors (Lipinski definition) is 3. The number of rotatable bonds is 7. The number of benzene rings is 2. The molecule has 2 amide bonds. The summed E-state index contributed by atoms with van der Waals surface area (Å²) in [7, 11) is -1.10. The lowest BCUT2D eigenvalue weighted by molar-refractivity contribution is -0.122. The van der Waals surface area contributed by atoms with Crippen LogP contribution in [-0.4, -0.2) is 46.9 Å². The molecule has 3 aliphatic rings. The molecule has 0 bridgehead atoms. The van der Waals surface area contributed by atoms with Crippen LogP contribution < -0.4 is 4.90 Å². The number of aliphatic hydroxyl groups excluding tert-OH is 1. The quantitative estimate of drug-likeness (QED) is 0.289. The first-order valence-electron chi connectivity index (χ1n) is 13.1. The second-order valence-electron chi connectivity index (χ2n) is 10.2. The van der Waals surface area contributed by atoms with E-state index in [2.05, 4.69) is 0 Å². The molecule has 2 heterocycles. The molecule has 2 aliphatic heterocycles. The first-order chi connectivity index (χ1) is 18.3. The third kappa shape index (κ3) is 4.82. The smallest absolute Gasteiger partial charge is 0.455 e. The number of aliphatic hydroxyl groups is 1. The SMILES string of the molecule is CC/C(=C\c1ccc(O)c(F)c1)CC[C@H]1OB(O)C[C@H]2C1=C(CO)C[C@H]1C(=O)N(c3ccccc3)C(=O)[C@H]12. The highest BCUT2D eigenvalue weighted by molar-refractivity contribution is 6.43. The van der Waals surface area contributed by atoms with Crippen molar-refractivity contribution in [2.24, 2.45) is 17.8 Å². The van der Waals surface area contributed by atoms with E-state index in [9.17, 15) is 29.2 Å². The number of para-hydroxylation sites is 1. The Labute approximate surface area is 221 Å². The topological polar surface area (TPSA) is 107 Å². The van der Waals surface area contributed by atoms with Crippen molar-refractivity contribution in [1.82, 2.24) is 0 Å². The predicted molar refractivity (Wildman–Crippen MR) is 141 cm³/mol. The average molecular weight is 519 g/mol. The lowest BCUT2D eigenvalue weighted by atomic mass is 9.58. The van der Waals surface area contributed by atoms with Gasteiger partial charge >= 0.3 is 7.12 Å². The first kappa shape index (κ1) is 26.3. The van der Waals surface area contributed by atoms with Gasteiger partial charge in [-0.1, -0.05) is 42.8 Å². The van der Waals surface area contributed by atoms with Crippen LogP contribution in [0.2, 0.25) is 6.32 Å². The van der Waals surface area contributed by atoms with Crippen LogP contribution in [0.4, 0.5) is 10.1 Å². The summed E-state index contributed by atoms with van der Waals surface area (Å²) in [4.78, 5) is 28.2. The Hall–Kier alpha value is -3.27. The second-order valence-corrected chi connectivity index (χ2v) is 10.2. The molecule has 2 aromatic carbocycles. The maximum Gasteiger partial charge on any atom is 0.455 e. The molecule has 3 N–H and O–H groups in total. The van der Waals surface area contributed by atoms with Gasteiger partial charge in [-0.15, -0.1) is 0 Å². The molecule has 4 atom stereocenters. The van der Waals surface area contributed by atoms with Crippen LogP contribution in [0.1, 0.15) is 38.2 Å². The van der Waals surface area contributed by atoms with E-state index in [1.807, 2.05) is 19.1 Å². The molecule has 38 heavy (non-hydrogen) atoms. The zero-order valence-corrected chi connectivity index (χ0v) is 21.2. The number of aromatic hydroxyl groups is 1. The van der Waals surface area contributed by atoms with Crippen molar-refractivity contribution < 1.29 is 33.9 Å². The van der Waals surface area contributed by atoms with Crippen molar-refractivity contribution in [2.45, 2.75) is 45.0 Å². The van der Waals surface area contributed by atoms with E-state index in [0.29, 0.717) is 36.1 Å². The van der Waals surface area contributed by atoms with Gasteiger partial charge in [-0.3, -0.25) is 14.5 Å². The highest BCUT2D eigenvalue weighted by Crippen LogP contribution is 2.51. The summed E-state index contributed by atoms with van der Waals surface area (Å²) in [6, 6.07) is 13.1. The standard InChI is InChI=1S/C29H31BFNO6/c1-2-17(12-18-8-10-24(34)23(31)13-18)9-11-25-26-19(16-33)14-21-27(22(26)15-30(37)38-25)29(36)32(28(21)35)20-6-4-3-5-7-20/h3-8,10,12-13,21-22,25,27,33-34,37H,2,9,11,14-16H2,1H3/b17-12+/t21-,22+,25-,27-/m1/s1. The van der Waals surface area contributed by atoms with Crippen LogP contribution in [-0.2, 0) is 14.2 Å². The second kappa shape index (κ2) is 10.8. The number of phenolic OH excluding ortho intramolecular Hbond substituents is 1. The van der Waals surface area contributed by atoms with E-state index in [1.165, 1.54) is 17.0 Å². The van der Waals surface area contributed by atoms with E-state index in [0.717, 1.165) is 11.1 Å². The monoisotopic (exact) mass is 519 g/mol. The summed E-state index contributed by atoms with van der Waals surface area (Å²) in [6.45, 7) is 1.74. The molecule has 0 saturated carbocycles. The number of carbonyl (C=O) groups excluding carboxylic acids is 2. The van der Waals surface area contributed by atoms with Gasteiger partial charge in [0.15, 0.2) is 11.6 Å². The number of imide groups is 1. The van der Waals surface area contributed by atoms with Gasteiger partial charge in [0.25, 0.3) is 0 Å². The van der Waals surface area contributed by atoms with E-state index in [-0.39, 0.29) is 31.2 Å². The van der Waals surface area contributed by atoms with Gasteiger partial charge in [-0.25, -0.2) is 4.39 Å². The van der Waals surface area contributed by atoms with Crippen LogP contribution in [0.5, 0.6) is 5.75 Å². The van der Waals surface area contributed by atoms with E-state index in [1.54, 1.807) is 30.3 Å². The molecule has 2 fully saturated rings. The van der Waals surface area contributed by atoms with Gasteiger partial charge in [0.05, 0.1) is 30.2 Å². The Kier molecular flexibility index (Phi) is 7.52. The molecule has 1 aliphatic carbocycles. The number of fused-ring (bicyclic) bond motifs is 3. The Morgan fingerprint density at radius 2 is 1.92 bits per heavy atom. The molecule has 7 nitrogen and oxygen atoms in total. The fraction of sp³-hybridized carbons (Fsp3) is 0.379. The van der Waals surface area contributed by atoms with Crippen molar-refractivity contribution in [1.29, 1.82) is 0 Å². The minimum absolute atomic E-state index is 0.182. The minimum atomic E-state index is -1.10. The van der Waals surface area contributed by atoms with E-state index >= 15 is 0 Å². The third-order valence-electron chi connectivity index (χ3n) is 8.04. The third-order valence-corrected chi connectivity index (χ3v) is 8.04. The van der Waals surface area contributed by atoms with E-state index in [4.69, 9.17) is 4.65 Å². The Bertz CT molecular complexity index is 1300. The van der Waals surface area contributed by atoms with Gasteiger partial charge < -0.3 is 19.9 Å². The molecule has 2 aromatic rings. The van der Waals surface area contributed by atoms with E-state index < -0.39 is 42.5 Å². The van der Waals surface area contributed by atoms with Crippen LogP contribution >= 0.6 is 0 Å². The molecule has 0 aromatic heterocycles. The van der Waals surface area contributed by atoms with Crippen molar-refractivity contribution in [3.8, 4) is 5.75 Å². The number of anilines is 1. The highest BCUT2D eigenvalue weighted by Gasteiger charge is 2.57. The van der Waals surface area contributed by atoms with Crippen LogP contribution in [0.3, 0.4) is 0 Å². The van der Waals surface area contributed by atoms with Gasteiger partial charge in [0.2, 0.25) is 11.8 Å². The number of carbonyl (C=O) groups is 2. The summed E-state index contributed by atoms with van der Waals surface area (Å²) in [5.74, 6) is -3.25. The average Bonchev–Trinajstić information content (AvgIpc) is 3.17. The number of amides is 2. The molecular weight excluding hydrogens is 488 g/mol. The summed E-state index contributed by atoms with van der Waals surface area (Å²) >= 11 is 0. The maximum atomic E-state index is 13.8. The molecule has 9 heteroatoms. The summed E-state index contributed by atoms with van der Waals surface area (Å²) in [5.41, 5.74) is 3.70. The first-order valence-corrected chi connectivity index (χ1v) is 13.1. The summed E-state index contributed by atoms with van der Waals surface area (Å²) in [6.07, 6.45) is 3.59. The largest absolute Gasteiger partial charge is 0.505 e. The fourth-order valence-electron chi connectivity index (χ4n) is 6.26. The molecule has 198 valence electrons. The maximum absolute atomic E-state index is 13.8. The molecule has 0 radical (unpaired) electrons. The number of hydrogen-bond acceptors (Lipinski definition) is 6. The number of nitrogens with zero attached hydrogens (tertiary/aromatic N) is 1. The number of phenols is 1.